The number of aromatic nitrogens is 1. The Morgan fingerprint density at radius 3 is 2.48 bits per heavy atom. The molecule has 0 saturated carbocycles. The van der Waals surface area contributed by atoms with Gasteiger partial charge in [0.05, 0.1) is 6.42 Å². The lowest BCUT2D eigenvalue weighted by molar-refractivity contribution is -0.131. The molecule has 0 radical (unpaired) electrons. The van der Waals surface area contributed by atoms with Crippen LogP contribution in [0, 0.1) is 0 Å². The van der Waals surface area contributed by atoms with Crippen LogP contribution in [0.5, 0.6) is 0 Å². The number of amides is 2. The van der Waals surface area contributed by atoms with Gasteiger partial charge in [-0.25, -0.2) is 8.42 Å². The van der Waals surface area contributed by atoms with E-state index in [9.17, 15) is 18.0 Å². The van der Waals surface area contributed by atoms with Crippen molar-refractivity contribution in [2.45, 2.75) is 11.5 Å². The van der Waals surface area contributed by atoms with Crippen molar-refractivity contribution < 1.29 is 22.4 Å². The number of piperazine rings is 1. The van der Waals surface area contributed by atoms with Gasteiger partial charge in [0.25, 0.3) is 15.9 Å². The number of para-hydroxylation sites is 1. The first-order valence-corrected chi connectivity index (χ1v) is 10.5. The van der Waals surface area contributed by atoms with E-state index in [1.54, 1.807) is 4.90 Å². The molecule has 29 heavy (non-hydrogen) atoms. The van der Waals surface area contributed by atoms with Gasteiger partial charge in [-0.3, -0.25) is 9.59 Å². The van der Waals surface area contributed by atoms with E-state index in [2.05, 4.69) is 4.98 Å². The maximum Gasteiger partial charge on any atom is 0.284 e. The van der Waals surface area contributed by atoms with Gasteiger partial charge < -0.3 is 20.0 Å². The monoisotopic (exact) mass is 416 g/mol. The number of H-pyrrole nitrogens is 1. The minimum atomic E-state index is -3.89. The first-order valence-electron chi connectivity index (χ1n) is 9.09. The molecule has 3 aromatic rings. The maximum absolute atomic E-state index is 12.7. The molecule has 1 aliphatic heterocycles. The number of sulfonamides is 1. The van der Waals surface area contributed by atoms with Crippen LogP contribution in [0.2, 0.25) is 0 Å². The molecular formula is C19H20N4O5S. The zero-order valence-corrected chi connectivity index (χ0v) is 16.3. The first-order chi connectivity index (χ1) is 13.9. The molecule has 2 amide bonds. The summed E-state index contributed by atoms with van der Waals surface area (Å²) < 4.78 is 31.7. The SMILES string of the molecule is NC(=O)c1ccc(S(=O)(=O)N2CCN(C(=O)Cc3c[nH]c4ccccc34)CC2)o1. The van der Waals surface area contributed by atoms with Crippen LogP contribution >= 0.6 is 0 Å². The molecule has 1 saturated heterocycles. The van der Waals surface area contributed by atoms with Gasteiger partial charge in [0.15, 0.2) is 5.76 Å². The number of benzene rings is 1. The van der Waals surface area contributed by atoms with Gasteiger partial charge in [-0.15, -0.1) is 0 Å². The number of carbonyl (C=O) groups is 2. The van der Waals surface area contributed by atoms with E-state index in [0.29, 0.717) is 0 Å². The maximum atomic E-state index is 12.7. The summed E-state index contributed by atoms with van der Waals surface area (Å²) in [5.41, 5.74) is 6.99. The van der Waals surface area contributed by atoms with Gasteiger partial charge in [0.2, 0.25) is 11.0 Å². The van der Waals surface area contributed by atoms with E-state index >= 15 is 0 Å². The smallest absolute Gasteiger partial charge is 0.284 e. The van der Waals surface area contributed by atoms with Crippen molar-refractivity contribution in [3.05, 3.63) is 53.9 Å². The van der Waals surface area contributed by atoms with Gasteiger partial charge in [0.1, 0.15) is 0 Å². The molecule has 0 aliphatic carbocycles. The fraction of sp³-hybridized carbons (Fsp3) is 0.263. The molecule has 3 N–H and O–H groups in total. The standard InChI is InChI=1S/C19H20N4O5S/c20-19(25)16-5-6-18(28-16)29(26,27)23-9-7-22(8-10-23)17(24)11-13-12-21-15-4-2-1-3-14(13)15/h1-6,12,21H,7-11H2,(H2,20,25). The van der Waals surface area contributed by atoms with Crippen LogP contribution in [0.15, 0.2) is 52.1 Å². The number of hydrogen-bond donors (Lipinski definition) is 2. The number of furan rings is 1. The topological polar surface area (TPSA) is 130 Å². The number of nitrogens with zero attached hydrogens (tertiary/aromatic N) is 2. The van der Waals surface area contributed by atoms with Crippen LogP contribution in [-0.2, 0) is 21.2 Å². The molecule has 4 rings (SSSR count). The summed E-state index contributed by atoms with van der Waals surface area (Å²) in [6.07, 6.45) is 2.08. The molecular weight excluding hydrogens is 396 g/mol. The molecule has 0 spiro atoms. The van der Waals surface area contributed by atoms with Crippen LogP contribution in [0.4, 0.5) is 0 Å². The van der Waals surface area contributed by atoms with E-state index < -0.39 is 15.9 Å². The number of carbonyl (C=O) groups excluding carboxylic acids is 2. The van der Waals surface area contributed by atoms with Gasteiger partial charge in [0, 0.05) is 43.3 Å². The lowest BCUT2D eigenvalue weighted by Gasteiger charge is -2.33. The Labute approximate surface area is 167 Å². The van der Waals surface area contributed by atoms with Gasteiger partial charge in [-0.1, -0.05) is 18.2 Å². The fourth-order valence-electron chi connectivity index (χ4n) is 3.45. The molecule has 0 unspecified atom stereocenters. The molecule has 0 atom stereocenters. The minimum absolute atomic E-state index is 0.0548. The molecule has 3 heterocycles. The average molecular weight is 416 g/mol. The van der Waals surface area contributed by atoms with Gasteiger partial charge in [-0.2, -0.15) is 4.31 Å². The quantitative estimate of drug-likeness (QED) is 0.639. The predicted molar refractivity (Wildman–Crippen MR) is 105 cm³/mol. The van der Waals surface area contributed by atoms with Crippen LogP contribution in [0.25, 0.3) is 10.9 Å². The summed E-state index contributed by atoms with van der Waals surface area (Å²) in [6.45, 7) is 0.858. The van der Waals surface area contributed by atoms with Gasteiger partial charge in [-0.05, 0) is 23.8 Å². The van der Waals surface area contributed by atoms with Gasteiger partial charge >= 0.3 is 0 Å². The third-order valence-electron chi connectivity index (χ3n) is 5.03. The highest BCUT2D eigenvalue weighted by molar-refractivity contribution is 7.89. The summed E-state index contributed by atoms with van der Waals surface area (Å²) in [5, 5.41) is 0.676. The van der Waals surface area contributed by atoms with E-state index in [1.807, 2.05) is 30.5 Å². The summed E-state index contributed by atoms with van der Waals surface area (Å²) in [7, 11) is -3.89. The van der Waals surface area contributed by atoms with Crippen molar-refractivity contribution in [1.29, 1.82) is 0 Å². The highest BCUT2D eigenvalue weighted by atomic mass is 32.2. The van der Waals surface area contributed by atoms with Crippen LogP contribution < -0.4 is 5.73 Å². The normalized spacial score (nSPS) is 15.7. The summed E-state index contributed by atoms with van der Waals surface area (Å²) in [4.78, 5) is 28.6. The van der Waals surface area contributed by atoms with Crippen molar-refractivity contribution in [2.75, 3.05) is 26.2 Å². The Morgan fingerprint density at radius 1 is 1.07 bits per heavy atom. The molecule has 152 valence electrons. The Hall–Kier alpha value is -3.11. The molecule has 9 nitrogen and oxygen atoms in total. The molecule has 1 fully saturated rings. The van der Waals surface area contributed by atoms with Crippen LogP contribution in [0.1, 0.15) is 16.1 Å². The van der Waals surface area contributed by atoms with Crippen molar-refractivity contribution in [3.8, 4) is 0 Å². The number of primary amides is 1. The molecule has 10 heteroatoms. The van der Waals surface area contributed by atoms with E-state index in [1.165, 1.54) is 16.4 Å². The van der Waals surface area contributed by atoms with E-state index in [0.717, 1.165) is 16.5 Å². The second-order valence-corrected chi connectivity index (χ2v) is 8.67. The zero-order valence-electron chi connectivity index (χ0n) is 15.5. The molecule has 1 aliphatic rings. The minimum Gasteiger partial charge on any atom is -0.438 e. The summed E-state index contributed by atoms with van der Waals surface area (Å²) >= 11 is 0. The number of hydrogen-bond acceptors (Lipinski definition) is 5. The third kappa shape index (κ3) is 3.64. The second-order valence-electron chi connectivity index (χ2n) is 6.80. The molecule has 0 bridgehead atoms. The molecule has 1 aromatic carbocycles. The van der Waals surface area contributed by atoms with Crippen molar-refractivity contribution in [1.82, 2.24) is 14.2 Å². The Balaban J connectivity index is 1.40. The third-order valence-corrected chi connectivity index (χ3v) is 6.80. The number of fused-ring (bicyclic) bond motifs is 1. The summed E-state index contributed by atoms with van der Waals surface area (Å²) in [6, 6.07) is 10.2. The van der Waals surface area contributed by atoms with Crippen molar-refractivity contribution >= 4 is 32.7 Å². The van der Waals surface area contributed by atoms with Crippen LogP contribution in [0.3, 0.4) is 0 Å². The average Bonchev–Trinajstić information content (AvgIpc) is 3.36. The highest BCUT2D eigenvalue weighted by Crippen LogP contribution is 2.22. The van der Waals surface area contributed by atoms with Crippen LogP contribution in [-0.4, -0.2) is 60.6 Å². The zero-order chi connectivity index (χ0) is 20.6. The number of nitrogens with two attached hydrogens (primary N) is 1. The predicted octanol–water partition coefficient (Wildman–Crippen LogP) is 0.935. The Kier molecular flexibility index (Phi) is 4.89. The Morgan fingerprint density at radius 2 is 1.79 bits per heavy atom. The number of aromatic amines is 1. The molecule has 2 aromatic heterocycles. The van der Waals surface area contributed by atoms with E-state index in [-0.39, 0.29) is 49.4 Å². The van der Waals surface area contributed by atoms with Crippen molar-refractivity contribution in [3.63, 3.8) is 0 Å². The second kappa shape index (κ2) is 7.37. The first kappa shape index (κ1) is 19.2. The number of rotatable bonds is 5. The number of nitrogens with one attached hydrogen (secondary N) is 1. The van der Waals surface area contributed by atoms with E-state index in [4.69, 9.17) is 10.2 Å². The fourth-order valence-corrected chi connectivity index (χ4v) is 4.78. The lowest BCUT2D eigenvalue weighted by atomic mass is 10.1. The lowest BCUT2D eigenvalue weighted by Crippen LogP contribution is -2.50. The highest BCUT2D eigenvalue weighted by Gasteiger charge is 2.32. The summed E-state index contributed by atoms with van der Waals surface area (Å²) in [5.74, 6) is -1.10. The van der Waals surface area contributed by atoms with Crippen molar-refractivity contribution in [2.24, 2.45) is 5.73 Å². The Bertz CT molecular complexity index is 1170. The largest absolute Gasteiger partial charge is 0.438 e.